The Kier molecular flexibility index (Phi) is 4.23. The zero-order chi connectivity index (χ0) is 16.2. The monoisotopic (exact) mass is 314 g/mol. The third-order valence-electron chi connectivity index (χ3n) is 3.52. The van der Waals surface area contributed by atoms with Gasteiger partial charge in [0.1, 0.15) is 24.7 Å². The minimum absolute atomic E-state index is 0.0272. The Morgan fingerprint density at radius 2 is 1.70 bits per heavy atom. The van der Waals surface area contributed by atoms with Crippen LogP contribution in [0.3, 0.4) is 0 Å². The number of carbonyl (C=O) groups excluding carboxylic acids is 2. The van der Waals surface area contributed by atoms with Gasteiger partial charge in [0.2, 0.25) is 0 Å². The van der Waals surface area contributed by atoms with Crippen molar-refractivity contribution in [2.24, 2.45) is 0 Å². The zero-order valence-corrected chi connectivity index (χ0v) is 12.3. The number of nitrogens with zero attached hydrogens (tertiary/aromatic N) is 2. The van der Waals surface area contributed by atoms with Crippen molar-refractivity contribution >= 4 is 17.6 Å². The number of amides is 3. The zero-order valence-electron chi connectivity index (χ0n) is 12.3. The molecule has 3 rings (SSSR count). The molecule has 1 fully saturated rings. The second kappa shape index (κ2) is 6.48. The van der Waals surface area contributed by atoms with E-state index < -0.39 is 0 Å². The van der Waals surface area contributed by atoms with Crippen LogP contribution in [-0.2, 0) is 4.79 Å². The molecule has 118 valence electrons. The summed E-state index contributed by atoms with van der Waals surface area (Å²) in [6, 6.07) is 14.3. The molecule has 0 unspecified atom stereocenters. The number of hydrogen-bond donors (Lipinski definition) is 0. The maximum Gasteiger partial charge on any atom is 0.331 e. The number of urea groups is 1. The average Bonchev–Trinajstić information content (AvgIpc) is 2.85. The van der Waals surface area contributed by atoms with E-state index in [1.165, 1.54) is 29.2 Å². The Morgan fingerprint density at radius 3 is 2.39 bits per heavy atom. The lowest BCUT2D eigenvalue weighted by Crippen LogP contribution is -2.36. The van der Waals surface area contributed by atoms with Crippen LogP contribution in [0.1, 0.15) is 0 Å². The van der Waals surface area contributed by atoms with E-state index in [1.807, 2.05) is 18.2 Å². The first kappa shape index (κ1) is 15.0. The topological polar surface area (TPSA) is 49.9 Å². The molecule has 0 atom stereocenters. The molecule has 0 aliphatic carbocycles. The Balaban J connectivity index is 1.59. The molecule has 0 bridgehead atoms. The van der Waals surface area contributed by atoms with Crippen LogP contribution in [0.25, 0.3) is 0 Å². The lowest BCUT2D eigenvalue weighted by molar-refractivity contribution is -0.125. The highest BCUT2D eigenvalue weighted by atomic mass is 19.1. The highest BCUT2D eigenvalue weighted by Crippen LogP contribution is 2.20. The molecule has 1 aliphatic rings. The van der Waals surface area contributed by atoms with Crippen LogP contribution in [0.4, 0.5) is 14.9 Å². The highest BCUT2D eigenvalue weighted by molar-refractivity contribution is 6.12. The van der Waals surface area contributed by atoms with Gasteiger partial charge in [0.05, 0.1) is 6.54 Å². The van der Waals surface area contributed by atoms with E-state index in [1.54, 1.807) is 12.1 Å². The van der Waals surface area contributed by atoms with Crippen LogP contribution in [0, 0.1) is 5.82 Å². The Bertz CT molecular complexity index is 704. The summed E-state index contributed by atoms with van der Waals surface area (Å²) in [5.41, 5.74) is 0.688. The SMILES string of the molecule is O=C1CN(c2ccccc2)C(=O)N1CCOc1ccc(F)cc1. The van der Waals surface area contributed by atoms with E-state index in [9.17, 15) is 14.0 Å². The fraction of sp³-hybridized carbons (Fsp3) is 0.176. The minimum atomic E-state index is -0.357. The summed E-state index contributed by atoms with van der Waals surface area (Å²) in [6.07, 6.45) is 0. The van der Waals surface area contributed by atoms with E-state index in [-0.39, 0.29) is 37.5 Å². The highest BCUT2D eigenvalue weighted by Gasteiger charge is 2.36. The molecule has 0 aromatic heterocycles. The Labute approximate surface area is 132 Å². The number of ether oxygens (including phenoxy) is 1. The van der Waals surface area contributed by atoms with Crippen molar-refractivity contribution in [1.82, 2.24) is 4.90 Å². The Hall–Kier alpha value is -2.89. The predicted molar refractivity (Wildman–Crippen MR) is 82.8 cm³/mol. The molecular weight excluding hydrogens is 299 g/mol. The van der Waals surface area contributed by atoms with Crippen molar-refractivity contribution < 1.29 is 18.7 Å². The molecule has 0 saturated carbocycles. The molecule has 1 aliphatic heterocycles. The summed E-state index contributed by atoms with van der Waals surface area (Å²) < 4.78 is 18.2. The lowest BCUT2D eigenvalue weighted by Gasteiger charge is -2.17. The minimum Gasteiger partial charge on any atom is -0.492 e. The van der Waals surface area contributed by atoms with Gasteiger partial charge in [-0.1, -0.05) is 18.2 Å². The van der Waals surface area contributed by atoms with Gasteiger partial charge in [0.25, 0.3) is 5.91 Å². The first-order chi connectivity index (χ1) is 11.1. The second-order valence-corrected chi connectivity index (χ2v) is 5.05. The van der Waals surface area contributed by atoms with Crippen LogP contribution < -0.4 is 9.64 Å². The third kappa shape index (κ3) is 3.31. The van der Waals surface area contributed by atoms with Crippen molar-refractivity contribution in [3.8, 4) is 5.75 Å². The summed E-state index contributed by atoms with van der Waals surface area (Å²) in [7, 11) is 0. The number of para-hydroxylation sites is 1. The number of anilines is 1. The summed E-state index contributed by atoms with van der Waals surface area (Å²) in [6.45, 7) is 0.337. The number of halogens is 1. The predicted octanol–water partition coefficient (Wildman–Crippen LogP) is 2.67. The van der Waals surface area contributed by atoms with Gasteiger partial charge in [-0.15, -0.1) is 0 Å². The van der Waals surface area contributed by atoms with Gasteiger partial charge >= 0.3 is 6.03 Å². The summed E-state index contributed by atoms with van der Waals surface area (Å²) in [4.78, 5) is 26.9. The van der Waals surface area contributed by atoms with Crippen LogP contribution in [0.15, 0.2) is 54.6 Å². The van der Waals surface area contributed by atoms with Gasteiger partial charge in [0, 0.05) is 5.69 Å². The van der Waals surface area contributed by atoms with Crippen LogP contribution in [-0.4, -0.2) is 36.5 Å². The molecule has 2 aromatic rings. The summed E-state index contributed by atoms with van der Waals surface area (Å²) in [5, 5.41) is 0. The van der Waals surface area contributed by atoms with E-state index in [0.29, 0.717) is 11.4 Å². The van der Waals surface area contributed by atoms with Gasteiger partial charge in [-0.05, 0) is 36.4 Å². The number of carbonyl (C=O) groups is 2. The molecule has 6 heteroatoms. The number of benzene rings is 2. The normalized spacial score (nSPS) is 14.5. The number of imide groups is 1. The van der Waals surface area contributed by atoms with Gasteiger partial charge in [-0.2, -0.15) is 0 Å². The number of rotatable bonds is 5. The lowest BCUT2D eigenvalue weighted by atomic mass is 10.3. The van der Waals surface area contributed by atoms with Crippen molar-refractivity contribution in [3.05, 3.63) is 60.4 Å². The molecule has 23 heavy (non-hydrogen) atoms. The van der Waals surface area contributed by atoms with E-state index in [4.69, 9.17) is 4.74 Å². The molecule has 0 radical (unpaired) electrons. The van der Waals surface area contributed by atoms with E-state index >= 15 is 0 Å². The maximum atomic E-state index is 12.8. The van der Waals surface area contributed by atoms with Crippen molar-refractivity contribution in [2.75, 3.05) is 24.6 Å². The quantitative estimate of drug-likeness (QED) is 0.797. The molecule has 1 saturated heterocycles. The molecule has 2 aromatic carbocycles. The van der Waals surface area contributed by atoms with Crippen LogP contribution in [0.5, 0.6) is 5.75 Å². The van der Waals surface area contributed by atoms with Crippen molar-refractivity contribution in [2.45, 2.75) is 0 Å². The first-order valence-corrected chi connectivity index (χ1v) is 7.20. The van der Waals surface area contributed by atoms with Gasteiger partial charge in [-0.3, -0.25) is 14.6 Å². The fourth-order valence-corrected chi connectivity index (χ4v) is 2.36. The fourth-order valence-electron chi connectivity index (χ4n) is 2.36. The standard InChI is InChI=1S/C17H15FN2O3/c18-13-6-8-15(9-7-13)23-11-10-19-16(21)12-20(17(19)22)14-4-2-1-3-5-14/h1-9H,10-12H2. The molecule has 0 N–H and O–H groups in total. The van der Waals surface area contributed by atoms with Gasteiger partial charge in [-0.25, -0.2) is 9.18 Å². The maximum absolute atomic E-state index is 12.8. The third-order valence-corrected chi connectivity index (χ3v) is 3.52. The number of hydrogen-bond acceptors (Lipinski definition) is 3. The molecule has 1 heterocycles. The largest absolute Gasteiger partial charge is 0.492 e. The van der Waals surface area contributed by atoms with Crippen LogP contribution in [0.2, 0.25) is 0 Å². The van der Waals surface area contributed by atoms with Gasteiger partial charge < -0.3 is 4.74 Å². The molecule has 5 nitrogen and oxygen atoms in total. The average molecular weight is 314 g/mol. The van der Waals surface area contributed by atoms with Crippen LogP contribution >= 0.6 is 0 Å². The Morgan fingerprint density at radius 1 is 1.00 bits per heavy atom. The summed E-state index contributed by atoms with van der Waals surface area (Å²) >= 11 is 0. The molecule has 3 amide bonds. The van der Waals surface area contributed by atoms with E-state index in [0.717, 1.165) is 4.90 Å². The van der Waals surface area contributed by atoms with Crippen molar-refractivity contribution in [1.29, 1.82) is 0 Å². The smallest absolute Gasteiger partial charge is 0.331 e. The van der Waals surface area contributed by atoms with Crippen molar-refractivity contribution in [3.63, 3.8) is 0 Å². The second-order valence-electron chi connectivity index (χ2n) is 5.05. The molecular formula is C17H15FN2O3. The van der Waals surface area contributed by atoms with E-state index in [2.05, 4.69) is 0 Å². The summed E-state index contributed by atoms with van der Waals surface area (Å²) in [5.74, 6) is -0.118. The van der Waals surface area contributed by atoms with Gasteiger partial charge in [0.15, 0.2) is 0 Å². The molecule has 0 spiro atoms. The first-order valence-electron chi connectivity index (χ1n) is 7.20.